The maximum absolute atomic E-state index is 13.6. The van der Waals surface area contributed by atoms with Crippen LogP contribution in [0.2, 0.25) is 0 Å². The molecule has 0 spiro atoms. The van der Waals surface area contributed by atoms with Gasteiger partial charge in [0.1, 0.15) is 23.1 Å². The van der Waals surface area contributed by atoms with E-state index in [2.05, 4.69) is 10.2 Å². The summed E-state index contributed by atoms with van der Waals surface area (Å²) in [5.74, 6) is 1.52. The summed E-state index contributed by atoms with van der Waals surface area (Å²) in [5, 5.41) is 12.6. The maximum Gasteiger partial charge on any atom is 0.251 e. The minimum absolute atomic E-state index is 0.0661. The van der Waals surface area contributed by atoms with E-state index in [0.717, 1.165) is 49.2 Å². The Balaban J connectivity index is 1.43. The van der Waals surface area contributed by atoms with Crippen LogP contribution < -0.4 is 19.5 Å². The Labute approximate surface area is 229 Å². The highest BCUT2D eigenvalue weighted by Crippen LogP contribution is 2.40. The van der Waals surface area contributed by atoms with Crippen molar-refractivity contribution in [2.45, 2.75) is 45.9 Å². The molecule has 0 aromatic heterocycles. The van der Waals surface area contributed by atoms with Crippen LogP contribution in [0.15, 0.2) is 54.6 Å². The third-order valence-electron chi connectivity index (χ3n) is 6.83. The summed E-state index contributed by atoms with van der Waals surface area (Å²) in [4.78, 5) is 15.2. The normalized spacial score (nSPS) is 14.2. The van der Waals surface area contributed by atoms with Gasteiger partial charge < -0.3 is 24.6 Å². The number of hydrogen-bond acceptors (Lipinski definition) is 6. The molecule has 0 bridgehead atoms. The predicted octanol–water partition coefficient (Wildman–Crippen LogP) is 5.19. The molecular weight excluding hydrogens is 499 g/mol. The number of halogens is 1. The number of piperidine rings is 1. The number of benzene rings is 3. The van der Waals surface area contributed by atoms with Crippen molar-refractivity contribution in [2.24, 2.45) is 0 Å². The smallest absolute Gasteiger partial charge is 0.251 e. The summed E-state index contributed by atoms with van der Waals surface area (Å²) in [7, 11) is 1.54. The second-order valence-corrected chi connectivity index (χ2v) is 9.59. The van der Waals surface area contributed by atoms with E-state index in [9.17, 15) is 14.3 Å². The molecule has 0 radical (unpaired) electrons. The molecule has 1 fully saturated rings. The SMILES string of the molecule is CCOc1cc(CN2CCC(NC(=O)c3cc(CO)cc(OC)c3)CC2)cc(OCC)c1-c1ccc(F)cc1. The van der Waals surface area contributed by atoms with Crippen LogP contribution in [0.1, 0.15) is 48.2 Å². The van der Waals surface area contributed by atoms with Crippen molar-refractivity contribution in [1.82, 2.24) is 10.2 Å². The van der Waals surface area contributed by atoms with Crippen LogP contribution in [-0.4, -0.2) is 55.4 Å². The second kappa shape index (κ2) is 13.4. The Bertz CT molecular complexity index is 1210. The Kier molecular flexibility index (Phi) is 9.79. The summed E-state index contributed by atoms with van der Waals surface area (Å²) in [6, 6.07) is 15.6. The predicted molar refractivity (Wildman–Crippen MR) is 149 cm³/mol. The van der Waals surface area contributed by atoms with E-state index < -0.39 is 0 Å². The van der Waals surface area contributed by atoms with Gasteiger partial charge in [0.25, 0.3) is 5.91 Å². The molecule has 7 nitrogen and oxygen atoms in total. The van der Waals surface area contributed by atoms with E-state index in [1.165, 1.54) is 12.1 Å². The Morgan fingerprint density at radius 3 is 2.18 bits per heavy atom. The average Bonchev–Trinajstić information content (AvgIpc) is 2.95. The number of ether oxygens (including phenoxy) is 3. The molecule has 0 saturated carbocycles. The van der Waals surface area contributed by atoms with Gasteiger partial charge in [0.15, 0.2) is 0 Å². The number of nitrogens with zero attached hydrogens (tertiary/aromatic N) is 1. The van der Waals surface area contributed by atoms with Crippen molar-refractivity contribution < 1.29 is 28.5 Å². The zero-order valence-electron chi connectivity index (χ0n) is 22.8. The van der Waals surface area contributed by atoms with Crippen LogP contribution in [0.3, 0.4) is 0 Å². The fourth-order valence-electron chi connectivity index (χ4n) is 4.94. The molecule has 0 aliphatic carbocycles. The lowest BCUT2D eigenvalue weighted by molar-refractivity contribution is 0.0908. The van der Waals surface area contributed by atoms with Crippen molar-refractivity contribution in [3.63, 3.8) is 0 Å². The summed E-state index contributed by atoms with van der Waals surface area (Å²) in [5.41, 5.74) is 3.86. The lowest BCUT2D eigenvalue weighted by Crippen LogP contribution is -2.44. The van der Waals surface area contributed by atoms with Crippen molar-refractivity contribution in [3.05, 3.63) is 77.1 Å². The van der Waals surface area contributed by atoms with E-state index in [4.69, 9.17) is 14.2 Å². The minimum atomic E-state index is -0.288. The first-order valence-electron chi connectivity index (χ1n) is 13.4. The van der Waals surface area contributed by atoms with Gasteiger partial charge in [-0.1, -0.05) is 12.1 Å². The summed E-state index contributed by atoms with van der Waals surface area (Å²) in [6.07, 6.45) is 1.65. The maximum atomic E-state index is 13.6. The number of rotatable bonds is 11. The highest BCUT2D eigenvalue weighted by Gasteiger charge is 2.23. The third kappa shape index (κ3) is 7.28. The molecule has 4 rings (SSSR count). The zero-order chi connectivity index (χ0) is 27.8. The van der Waals surface area contributed by atoms with Gasteiger partial charge >= 0.3 is 0 Å². The lowest BCUT2D eigenvalue weighted by atomic mass is 9.99. The molecule has 1 amide bonds. The molecule has 8 heteroatoms. The molecule has 1 aliphatic rings. The van der Waals surface area contributed by atoms with Crippen molar-refractivity contribution in [3.8, 4) is 28.4 Å². The molecule has 3 aromatic rings. The van der Waals surface area contributed by atoms with Crippen LogP contribution in [0, 0.1) is 5.82 Å². The summed E-state index contributed by atoms with van der Waals surface area (Å²) < 4.78 is 30.8. The number of methoxy groups -OCH3 is 1. The first-order valence-corrected chi connectivity index (χ1v) is 13.4. The molecule has 1 aliphatic heterocycles. The Morgan fingerprint density at radius 1 is 0.974 bits per heavy atom. The highest BCUT2D eigenvalue weighted by molar-refractivity contribution is 5.95. The fourth-order valence-corrected chi connectivity index (χ4v) is 4.94. The number of likely N-dealkylation sites (tertiary alicyclic amines) is 1. The molecule has 0 atom stereocenters. The van der Waals surface area contributed by atoms with Crippen molar-refractivity contribution >= 4 is 5.91 Å². The fraction of sp³-hybridized carbons (Fsp3) is 0.387. The molecular formula is C31H37FN2O5. The highest BCUT2D eigenvalue weighted by atomic mass is 19.1. The quantitative estimate of drug-likeness (QED) is 0.351. The number of nitrogens with one attached hydrogen (secondary N) is 1. The van der Waals surface area contributed by atoms with Crippen LogP contribution >= 0.6 is 0 Å². The topological polar surface area (TPSA) is 80.3 Å². The van der Waals surface area contributed by atoms with Gasteiger partial charge in [-0.3, -0.25) is 9.69 Å². The second-order valence-electron chi connectivity index (χ2n) is 9.59. The van der Waals surface area contributed by atoms with Crippen LogP contribution in [-0.2, 0) is 13.2 Å². The first-order chi connectivity index (χ1) is 18.9. The molecule has 1 heterocycles. The minimum Gasteiger partial charge on any atom is -0.497 e. The molecule has 208 valence electrons. The van der Waals surface area contributed by atoms with Gasteiger partial charge in [0.2, 0.25) is 0 Å². The van der Waals surface area contributed by atoms with Crippen molar-refractivity contribution in [1.29, 1.82) is 0 Å². The number of amides is 1. The summed E-state index contributed by atoms with van der Waals surface area (Å²) >= 11 is 0. The van der Waals surface area contributed by atoms with E-state index in [1.54, 1.807) is 37.4 Å². The first kappa shape index (κ1) is 28.4. The lowest BCUT2D eigenvalue weighted by Gasteiger charge is -2.32. The average molecular weight is 537 g/mol. The largest absolute Gasteiger partial charge is 0.497 e. The number of aliphatic hydroxyl groups excluding tert-OH is 1. The van der Waals surface area contributed by atoms with E-state index >= 15 is 0 Å². The zero-order valence-corrected chi connectivity index (χ0v) is 22.8. The van der Waals surface area contributed by atoms with E-state index in [-0.39, 0.29) is 24.4 Å². The van der Waals surface area contributed by atoms with Gasteiger partial charge in [0, 0.05) is 31.2 Å². The third-order valence-corrected chi connectivity index (χ3v) is 6.83. The van der Waals surface area contributed by atoms with Crippen LogP contribution in [0.25, 0.3) is 11.1 Å². The summed E-state index contributed by atoms with van der Waals surface area (Å²) in [6.45, 7) is 7.12. The van der Waals surface area contributed by atoms with Gasteiger partial charge in [-0.15, -0.1) is 0 Å². The van der Waals surface area contributed by atoms with Gasteiger partial charge in [-0.2, -0.15) is 0 Å². The molecule has 1 saturated heterocycles. The monoisotopic (exact) mass is 536 g/mol. The Morgan fingerprint density at radius 2 is 1.62 bits per heavy atom. The standard InChI is InChI=1S/C31H37FN2O5/c1-4-38-28-16-21(17-29(39-5-2)30(28)23-6-8-25(32)9-7-23)19-34-12-10-26(11-13-34)33-31(36)24-14-22(20-35)15-27(18-24)37-3/h6-9,14-18,26,35H,4-5,10-13,19-20H2,1-3H3,(H,33,36). The van der Waals surface area contributed by atoms with Crippen LogP contribution in [0.4, 0.5) is 4.39 Å². The van der Waals surface area contributed by atoms with Crippen molar-refractivity contribution in [2.75, 3.05) is 33.4 Å². The number of carbonyl (C=O) groups excluding carboxylic acids is 1. The van der Waals surface area contributed by atoms with E-state index in [0.29, 0.717) is 41.6 Å². The van der Waals surface area contributed by atoms with E-state index in [1.807, 2.05) is 26.0 Å². The molecule has 3 aromatic carbocycles. The number of aliphatic hydroxyl groups is 1. The van der Waals surface area contributed by atoms with Crippen LogP contribution in [0.5, 0.6) is 17.2 Å². The number of hydrogen-bond donors (Lipinski definition) is 2. The van der Waals surface area contributed by atoms with Gasteiger partial charge in [-0.05, 0) is 85.8 Å². The Hall–Kier alpha value is -3.62. The molecule has 0 unspecified atom stereocenters. The molecule has 39 heavy (non-hydrogen) atoms. The van der Waals surface area contributed by atoms with Gasteiger partial charge in [-0.25, -0.2) is 4.39 Å². The molecule has 2 N–H and O–H groups in total. The van der Waals surface area contributed by atoms with Gasteiger partial charge in [0.05, 0.1) is 32.5 Å². The number of carbonyl (C=O) groups is 1.